The molecule has 0 aromatic carbocycles. The molecule has 0 aromatic rings. The van der Waals surface area contributed by atoms with Crippen LogP contribution in [0.2, 0.25) is 0 Å². The average molecular weight is 316 g/mol. The fourth-order valence-corrected chi connectivity index (χ4v) is 1.73. The second-order valence-electron chi connectivity index (χ2n) is 7.51. The minimum absolute atomic E-state index is 0.0721. The fourth-order valence-electron chi connectivity index (χ4n) is 1.73. The predicted molar refractivity (Wildman–Crippen MR) is 81.2 cm³/mol. The van der Waals surface area contributed by atoms with E-state index < -0.39 is 35.0 Å². The van der Waals surface area contributed by atoms with Gasteiger partial charge in [0.1, 0.15) is 5.60 Å². The third-order valence-corrected chi connectivity index (χ3v) is 2.77. The average Bonchev–Trinajstić information content (AvgIpc) is 2.23. The van der Waals surface area contributed by atoms with Gasteiger partial charge in [0.2, 0.25) is 0 Å². The van der Waals surface area contributed by atoms with Crippen LogP contribution in [0.25, 0.3) is 0 Å². The molecule has 0 saturated heterocycles. The van der Waals surface area contributed by atoms with Crippen LogP contribution < -0.4 is 0 Å². The fraction of sp³-hybridized carbons (Fsp3) is 0.812. The number of rotatable bonds is 7. The molecular formula is C16H28O6. The summed E-state index contributed by atoms with van der Waals surface area (Å²) >= 11 is 0. The number of carbonyl (C=O) groups is 3. The first kappa shape index (κ1) is 20.4. The van der Waals surface area contributed by atoms with Crippen molar-refractivity contribution in [1.29, 1.82) is 0 Å². The van der Waals surface area contributed by atoms with Gasteiger partial charge in [-0.05, 0) is 47.0 Å². The molecule has 0 heterocycles. The van der Waals surface area contributed by atoms with Gasteiger partial charge in [0, 0.05) is 0 Å². The molecule has 22 heavy (non-hydrogen) atoms. The maximum Gasteiger partial charge on any atom is 0.345 e. The first-order chi connectivity index (χ1) is 9.74. The lowest BCUT2D eigenvalue weighted by Crippen LogP contribution is -2.37. The Kier molecular flexibility index (Phi) is 7.06. The molecule has 0 aromatic heterocycles. The molecule has 0 bridgehead atoms. The number of aliphatic carboxylic acids is 1. The van der Waals surface area contributed by atoms with Gasteiger partial charge in [-0.25, -0.2) is 4.79 Å². The molecule has 0 rings (SSSR count). The van der Waals surface area contributed by atoms with Crippen LogP contribution in [0.5, 0.6) is 0 Å². The topological polar surface area (TPSA) is 89.9 Å². The smallest absolute Gasteiger partial charge is 0.345 e. The van der Waals surface area contributed by atoms with Gasteiger partial charge in [-0.1, -0.05) is 13.8 Å². The standard InChI is InChI=1S/C16H28O6/c1-10(2)8-11(13(18)19)21-14(20)16(6,7)9-12(17)22-15(3,4)5/h10-11H,8-9H2,1-7H3,(H,18,19)/t11-/m0/s1. The molecule has 0 fully saturated rings. The number of esters is 2. The number of hydrogen-bond donors (Lipinski definition) is 1. The van der Waals surface area contributed by atoms with Crippen LogP contribution >= 0.6 is 0 Å². The molecule has 1 N–H and O–H groups in total. The molecule has 0 amide bonds. The molecule has 6 nitrogen and oxygen atoms in total. The van der Waals surface area contributed by atoms with E-state index in [4.69, 9.17) is 14.6 Å². The van der Waals surface area contributed by atoms with Crippen molar-refractivity contribution >= 4 is 17.9 Å². The summed E-state index contributed by atoms with van der Waals surface area (Å²) in [5.41, 5.74) is -1.79. The highest BCUT2D eigenvalue weighted by Gasteiger charge is 2.37. The SMILES string of the molecule is CC(C)C[C@H](OC(=O)C(C)(C)CC(=O)OC(C)(C)C)C(=O)O. The van der Waals surface area contributed by atoms with Crippen molar-refractivity contribution in [3.63, 3.8) is 0 Å². The maximum atomic E-state index is 12.2. The predicted octanol–water partition coefficient (Wildman–Crippen LogP) is 2.79. The number of ether oxygens (including phenoxy) is 2. The highest BCUT2D eigenvalue weighted by atomic mass is 16.6. The highest BCUT2D eigenvalue weighted by Crippen LogP contribution is 2.26. The minimum Gasteiger partial charge on any atom is -0.479 e. The molecule has 128 valence electrons. The second kappa shape index (κ2) is 7.61. The quantitative estimate of drug-likeness (QED) is 0.726. The monoisotopic (exact) mass is 316 g/mol. The van der Waals surface area contributed by atoms with E-state index >= 15 is 0 Å². The Hall–Kier alpha value is -1.59. The summed E-state index contributed by atoms with van der Waals surface area (Å²) in [5, 5.41) is 9.10. The van der Waals surface area contributed by atoms with Crippen molar-refractivity contribution in [2.75, 3.05) is 0 Å². The van der Waals surface area contributed by atoms with Gasteiger partial charge in [-0.2, -0.15) is 0 Å². The molecule has 0 aliphatic carbocycles. The van der Waals surface area contributed by atoms with Gasteiger partial charge in [0.15, 0.2) is 6.10 Å². The Labute approximate surface area is 132 Å². The third-order valence-electron chi connectivity index (χ3n) is 2.77. The number of hydrogen-bond acceptors (Lipinski definition) is 5. The lowest BCUT2D eigenvalue weighted by Gasteiger charge is -2.26. The molecule has 0 radical (unpaired) electrons. The summed E-state index contributed by atoms with van der Waals surface area (Å²) in [5.74, 6) is -2.35. The number of carboxylic acids is 1. The third kappa shape index (κ3) is 8.00. The molecular weight excluding hydrogens is 288 g/mol. The number of carbonyl (C=O) groups excluding carboxylic acids is 2. The molecule has 0 unspecified atom stereocenters. The lowest BCUT2D eigenvalue weighted by atomic mass is 9.89. The summed E-state index contributed by atoms with van der Waals surface area (Å²) in [7, 11) is 0. The number of carboxylic acid groups (broad SMARTS) is 1. The zero-order valence-corrected chi connectivity index (χ0v) is 14.6. The van der Waals surface area contributed by atoms with E-state index in [2.05, 4.69) is 0 Å². The zero-order valence-electron chi connectivity index (χ0n) is 14.6. The van der Waals surface area contributed by atoms with E-state index in [1.54, 1.807) is 20.8 Å². The van der Waals surface area contributed by atoms with Crippen molar-refractivity contribution in [3.8, 4) is 0 Å². The van der Waals surface area contributed by atoms with Crippen LogP contribution in [-0.4, -0.2) is 34.7 Å². The first-order valence-electron chi connectivity index (χ1n) is 7.40. The Morgan fingerprint density at radius 3 is 1.91 bits per heavy atom. The van der Waals surface area contributed by atoms with E-state index in [1.165, 1.54) is 13.8 Å². The minimum atomic E-state index is -1.20. The summed E-state index contributed by atoms with van der Waals surface area (Å²) in [4.78, 5) is 35.1. The summed E-state index contributed by atoms with van der Waals surface area (Å²) in [6, 6.07) is 0. The lowest BCUT2D eigenvalue weighted by molar-refractivity contribution is -0.175. The molecule has 0 aliphatic heterocycles. The molecule has 6 heteroatoms. The van der Waals surface area contributed by atoms with Gasteiger partial charge in [-0.15, -0.1) is 0 Å². The molecule has 0 saturated carbocycles. The summed E-state index contributed by atoms with van der Waals surface area (Å²) in [6.45, 7) is 12.0. The molecule has 0 spiro atoms. The van der Waals surface area contributed by atoms with Gasteiger partial charge in [-0.3, -0.25) is 9.59 Å². The van der Waals surface area contributed by atoms with Crippen LogP contribution in [0.1, 0.15) is 61.3 Å². The normalized spacial score (nSPS) is 13.6. The Morgan fingerprint density at radius 2 is 1.55 bits per heavy atom. The van der Waals surface area contributed by atoms with E-state index in [1.807, 2.05) is 13.8 Å². The maximum absolute atomic E-state index is 12.2. The molecule has 0 aliphatic rings. The van der Waals surface area contributed by atoms with E-state index in [-0.39, 0.29) is 18.8 Å². The van der Waals surface area contributed by atoms with Crippen LogP contribution in [0, 0.1) is 11.3 Å². The van der Waals surface area contributed by atoms with Crippen LogP contribution in [0.15, 0.2) is 0 Å². The first-order valence-corrected chi connectivity index (χ1v) is 7.40. The van der Waals surface area contributed by atoms with E-state index in [0.717, 1.165) is 0 Å². The largest absolute Gasteiger partial charge is 0.479 e. The summed E-state index contributed by atoms with van der Waals surface area (Å²) < 4.78 is 10.2. The molecule has 1 atom stereocenters. The van der Waals surface area contributed by atoms with Crippen LogP contribution in [0.4, 0.5) is 0 Å². The van der Waals surface area contributed by atoms with Gasteiger partial charge < -0.3 is 14.6 Å². The van der Waals surface area contributed by atoms with Crippen molar-refractivity contribution < 1.29 is 29.0 Å². The summed E-state index contributed by atoms with van der Waals surface area (Å²) in [6.07, 6.45) is -1.15. The van der Waals surface area contributed by atoms with Gasteiger partial charge >= 0.3 is 17.9 Å². The highest BCUT2D eigenvalue weighted by molar-refractivity contribution is 5.85. The van der Waals surface area contributed by atoms with Crippen molar-refractivity contribution in [2.24, 2.45) is 11.3 Å². The zero-order chi connectivity index (χ0) is 17.7. The van der Waals surface area contributed by atoms with Crippen LogP contribution in [0.3, 0.4) is 0 Å². The van der Waals surface area contributed by atoms with Crippen molar-refractivity contribution in [2.45, 2.75) is 73.0 Å². The Balaban J connectivity index is 4.79. The van der Waals surface area contributed by atoms with Crippen molar-refractivity contribution in [1.82, 2.24) is 0 Å². The van der Waals surface area contributed by atoms with Crippen molar-refractivity contribution in [3.05, 3.63) is 0 Å². The van der Waals surface area contributed by atoms with E-state index in [9.17, 15) is 14.4 Å². The Morgan fingerprint density at radius 1 is 1.05 bits per heavy atom. The van der Waals surface area contributed by atoms with Gasteiger partial charge in [0.25, 0.3) is 0 Å². The second-order valence-corrected chi connectivity index (χ2v) is 7.51. The van der Waals surface area contributed by atoms with Gasteiger partial charge in [0.05, 0.1) is 11.8 Å². The van der Waals surface area contributed by atoms with Crippen LogP contribution in [-0.2, 0) is 23.9 Å². The van der Waals surface area contributed by atoms with E-state index in [0.29, 0.717) is 0 Å². The Bertz CT molecular complexity index is 417.